The molecule has 1 aromatic carbocycles. The lowest BCUT2D eigenvalue weighted by atomic mass is 9.96. The van der Waals surface area contributed by atoms with Crippen molar-refractivity contribution in [2.24, 2.45) is 0 Å². The molecule has 0 spiro atoms. The molecule has 0 bridgehead atoms. The van der Waals surface area contributed by atoms with Crippen LogP contribution in [0.3, 0.4) is 0 Å². The Morgan fingerprint density at radius 1 is 1.27 bits per heavy atom. The highest BCUT2D eigenvalue weighted by Gasteiger charge is 2.35. The molecule has 0 amide bonds. The Kier molecular flexibility index (Phi) is 5.51. The molecule has 2 heterocycles. The molecule has 1 aliphatic rings. The number of ether oxygens (including phenoxy) is 2. The summed E-state index contributed by atoms with van der Waals surface area (Å²) in [5.74, 6) is 1.04. The Morgan fingerprint density at radius 3 is 2.62 bits per heavy atom. The second-order valence-electron chi connectivity index (χ2n) is 5.66. The van der Waals surface area contributed by atoms with Gasteiger partial charge in [0.05, 0.1) is 18.8 Å². The molecule has 26 heavy (non-hydrogen) atoms. The fourth-order valence-electron chi connectivity index (χ4n) is 2.91. The van der Waals surface area contributed by atoms with Crippen molar-refractivity contribution in [2.75, 3.05) is 24.8 Å². The van der Waals surface area contributed by atoms with E-state index in [1.807, 2.05) is 44.4 Å². The first kappa shape index (κ1) is 18.3. The number of fused-ring (bicyclic) bond motifs is 1. The van der Waals surface area contributed by atoms with Crippen LogP contribution in [0.15, 0.2) is 40.7 Å². The zero-order valence-electron chi connectivity index (χ0n) is 15.3. The van der Waals surface area contributed by atoms with E-state index in [2.05, 4.69) is 15.4 Å². The maximum atomic E-state index is 12.6. The topological polar surface area (TPSA) is 78.3 Å². The van der Waals surface area contributed by atoms with Crippen LogP contribution in [0.5, 0.6) is 5.75 Å². The Hall–Kier alpha value is -2.48. The molecule has 7 nitrogen and oxygen atoms in total. The zero-order chi connectivity index (χ0) is 18.7. The molecule has 138 valence electrons. The third kappa shape index (κ3) is 3.41. The quantitative estimate of drug-likeness (QED) is 0.614. The number of carbonyl (C=O) groups excluding carboxylic acids is 1. The van der Waals surface area contributed by atoms with Gasteiger partial charge in [-0.05, 0) is 44.7 Å². The smallest absolute Gasteiger partial charge is 0.338 e. The molecule has 0 radical (unpaired) electrons. The summed E-state index contributed by atoms with van der Waals surface area (Å²) in [6.45, 7) is 6.50. The predicted octanol–water partition coefficient (Wildman–Crippen LogP) is 3.25. The van der Waals surface area contributed by atoms with Gasteiger partial charge in [0.1, 0.15) is 11.8 Å². The number of allylic oxidation sites excluding steroid dienone is 1. The molecule has 0 saturated heterocycles. The zero-order valence-corrected chi connectivity index (χ0v) is 16.1. The number of carbonyl (C=O) groups is 1. The Bertz CT molecular complexity index is 829. The molecular weight excluding hydrogens is 352 g/mol. The number of nitrogens with one attached hydrogen (secondary N) is 1. The summed E-state index contributed by atoms with van der Waals surface area (Å²) < 4.78 is 12.5. The molecule has 0 saturated carbocycles. The molecule has 0 fully saturated rings. The average Bonchev–Trinajstić information content (AvgIpc) is 3.04. The van der Waals surface area contributed by atoms with Gasteiger partial charge in [0.15, 0.2) is 0 Å². The summed E-state index contributed by atoms with van der Waals surface area (Å²) >= 11 is 1.45. The summed E-state index contributed by atoms with van der Waals surface area (Å²) in [7, 11) is 0. The molecule has 0 aliphatic carbocycles. The van der Waals surface area contributed by atoms with Crippen molar-refractivity contribution in [3.05, 3.63) is 41.1 Å². The first-order valence-corrected chi connectivity index (χ1v) is 9.69. The number of anilines is 1. The van der Waals surface area contributed by atoms with Gasteiger partial charge in [-0.25, -0.2) is 9.48 Å². The molecule has 3 rings (SSSR count). The molecule has 1 aliphatic heterocycles. The Morgan fingerprint density at radius 2 is 2.00 bits per heavy atom. The minimum absolute atomic E-state index is 0.311. The summed E-state index contributed by atoms with van der Waals surface area (Å²) in [5, 5.41) is 8.35. The van der Waals surface area contributed by atoms with Crippen LogP contribution in [0.25, 0.3) is 0 Å². The maximum absolute atomic E-state index is 12.6. The second kappa shape index (κ2) is 7.82. The molecular formula is C18H22N4O3S. The second-order valence-corrected chi connectivity index (χ2v) is 6.43. The third-order valence-corrected chi connectivity index (χ3v) is 4.56. The van der Waals surface area contributed by atoms with Gasteiger partial charge in [0, 0.05) is 5.70 Å². The van der Waals surface area contributed by atoms with E-state index >= 15 is 0 Å². The summed E-state index contributed by atoms with van der Waals surface area (Å²) in [6.07, 6.45) is 1.92. The summed E-state index contributed by atoms with van der Waals surface area (Å²) in [6, 6.07) is 7.26. The lowest BCUT2D eigenvalue weighted by molar-refractivity contribution is -0.139. The van der Waals surface area contributed by atoms with E-state index in [0.29, 0.717) is 29.9 Å². The Balaban J connectivity index is 2.09. The lowest BCUT2D eigenvalue weighted by Gasteiger charge is -2.28. The molecule has 0 unspecified atom stereocenters. The number of hydrogen-bond acceptors (Lipinski definition) is 7. The number of esters is 1. The van der Waals surface area contributed by atoms with Gasteiger partial charge in [0.25, 0.3) is 0 Å². The highest BCUT2D eigenvalue weighted by atomic mass is 32.2. The van der Waals surface area contributed by atoms with E-state index in [-0.39, 0.29) is 5.97 Å². The average molecular weight is 374 g/mol. The highest BCUT2D eigenvalue weighted by Crippen LogP contribution is 2.36. The van der Waals surface area contributed by atoms with Gasteiger partial charge in [-0.3, -0.25) is 0 Å². The van der Waals surface area contributed by atoms with Crippen LogP contribution in [0, 0.1) is 0 Å². The molecule has 1 N–H and O–H groups in total. The molecule has 1 aromatic heterocycles. The first-order valence-electron chi connectivity index (χ1n) is 8.47. The monoisotopic (exact) mass is 374 g/mol. The number of thioether (sulfide) groups is 1. The van der Waals surface area contributed by atoms with E-state index in [1.54, 1.807) is 11.6 Å². The minimum Gasteiger partial charge on any atom is -0.494 e. The Labute approximate surface area is 156 Å². The van der Waals surface area contributed by atoms with Crippen LogP contribution >= 0.6 is 11.8 Å². The standard InChI is InChI=1S/C18H22N4O3S/c1-5-24-13-9-7-12(8-10-13)15-14(16(23)25-6-2)11(3)19-17-20-18(26-4)21-22(15)17/h7-10,15H,5-6H2,1-4H3,(H,19,20,21)/t15-/m0/s1. The first-order chi connectivity index (χ1) is 12.6. The van der Waals surface area contributed by atoms with Gasteiger partial charge in [0.2, 0.25) is 11.1 Å². The molecule has 1 atom stereocenters. The molecule has 8 heteroatoms. The number of nitrogens with zero attached hydrogens (tertiary/aromatic N) is 3. The maximum Gasteiger partial charge on any atom is 0.338 e. The number of aromatic nitrogens is 3. The van der Waals surface area contributed by atoms with Gasteiger partial charge in [-0.2, -0.15) is 4.98 Å². The van der Waals surface area contributed by atoms with Crippen molar-refractivity contribution in [3.63, 3.8) is 0 Å². The largest absolute Gasteiger partial charge is 0.494 e. The van der Waals surface area contributed by atoms with Gasteiger partial charge < -0.3 is 14.8 Å². The van der Waals surface area contributed by atoms with Crippen LogP contribution < -0.4 is 10.1 Å². The van der Waals surface area contributed by atoms with Crippen molar-refractivity contribution in [1.82, 2.24) is 14.8 Å². The van der Waals surface area contributed by atoms with Crippen LogP contribution in [-0.2, 0) is 9.53 Å². The SMILES string of the molecule is CCOC(=O)C1=C(C)Nc2nc(SC)nn2[C@H]1c1ccc(OCC)cc1. The highest BCUT2D eigenvalue weighted by molar-refractivity contribution is 7.98. The van der Waals surface area contributed by atoms with Crippen molar-refractivity contribution in [1.29, 1.82) is 0 Å². The van der Waals surface area contributed by atoms with Crippen LogP contribution in [-0.4, -0.2) is 40.2 Å². The van der Waals surface area contributed by atoms with Crippen molar-refractivity contribution < 1.29 is 14.3 Å². The fourth-order valence-corrected chi connectivity index (χ4v) is 3.26. The van der Waals surface area contributed by atoms with Crippen molar-refractivity contribution in [2.45, 2.75) is 32.0 Å². The van der Waals surface area contributed by atoms with Crippen LogP contribution in [0.4, 0.5) is 5.95 Å². The van der Waals surface area contributed by atoms with Gasteiger partial charge in [-0.1, -0.05) is 23.9 Å². The third-order valence-electron chi connectivity index (χ3n) is 4.02. The van der Waals surface area contributed by atoms with Crippen LogP contribution in [0.1, 0.15) is 32.4 Å². The van der Waals surface area contributed by atoms with Gasteiger partial charge in [-0.15, -0.1) is 5.10 Å². The summed E-state index contributed by atoms with van der Waals surface area (Å²) in [4.78, 5) is 17.1. The van der Waals surface area contributed by atoms with Crippen molar-refractivity contribution >= 4 is 23.7 Å². The van der Waals surface area contributed by atoms with Gasteiger partial charge >= 0.3 is 5.97 Å². The van der Waals surface area contributed by atoms with E-state index in [4.69, 9.17) is 9.47 Å². The number of benzene rings is 1. The van der Waals surface area contributed by atoms with Crippen LogP contribution in [0.2, 0.25) is 0 Å². The lowest BCUT2D eigenvalue weighted by Crippen LogP contribution is -2.29. The minimum atomic E-state index is -0.408. The van der Waals surface area contributed by atoms with E-state index in [9.17, 15) is 4.79 Å². The van der Waals surface area contributed by atoms with E-state index in [0.717, 1.165) is 17.0 Å². The fraction of sp³-hybridized carbons (Fsp3) is 0.389. The normalized spacial score (nSPS) is 16.1. The van der Waals surface area contributed by atoms with E-state index in [1.165, 1.54) is 11.8 Å². The van der Waals surface area contributed by atoms with Crippen molar-refractivity contribution in [3.8, 4) is 5.75 Å². The predicted molar refractivity (Wildman–Crippen MR) is 101 cm³/mol. The summed E-state index contributed by atoms with van der Waals surface area (Å²) in [5.41, 5.74) is 2.16. The molecule has 2 aromatic rings. The number of hydrogen-bond donors (Lipinski definition) is 1. The number of rotatable bonds is 6. The van der Waals surface area contributed by atoms with E-state index < -0.39 is 6.04 Å².